The zero-order valence-electron chi connectivity index (χ0n) is 5.92. The van der Waals surface area contributed by atoms with Crippen LogP contribution in [0.25, 0.3) is 0 Å². The number of hydrogen-bond donors (Lipinski definition) is 1. The van der Waals surface area contributed by atoms with Crippen molar-refractivity contribution in [2.24, 2.45) is 5.73 Å². The molecule has 0 bridgehead atoms. The van der Waals surface area contributed by atoms with Crippen LogP contribution in [0.15, 0.2) is 0 Å². The summed E-state index contributed by atoms with van der Waals surface area (Å²) in [6, 6.07) is -0.194. The van der Waals surface area contributed by atoms with Gasteiger partial charge < -0.3 is 15.2 Å². The van der Waals surface area contributed by atoms with E-state index >= 15 is 0 Å². The van der Waals surface area contributed by atoms with Crippen molar-refractivity contribution >= 4 is 11.6 Å². The van der Waals surface area contributed by atoms with E-state index in [1.54, 1.807) is 7.11 Å². The summed E-state index contributed by atoms with van der Waals surface area (Å²) >= 11 is 5.86. The highest BCUT2D eigenvalue weighted by molar-refractivity contribution is 6.21. The topological polar surface area (TPSA) is 44.5 Å². The maximum absolute atomic E-state index is 5.86. The molecule has 0 aromatic carbocycles. The molecule has 3 nitrogen and oxygen atoms in total. The molecule has 60 valence electrons. The van der Waals surface area contributed by atoms with Crippen LogP contribution in [-0.4, -0.2) is 31.4 Å². The van der Waals surface area contributed by atoms with Crippen LogP contribution in [0.1, 0.15) is 6.42 Å². The molecule has 1 aliphatic rings. The summed E-state index contributed by atoms with van der Waals surface area (Å²) in [7, 11) is 1.57. The smallest absolute Gasteiger partial charge is 0.173 e. The standard InChI is InChI=1S/C6H12ClNO2/c1-9-6-5(8)4(7)2-3-10-6/h4-6H,2-3,8H2,1H3. The molecule has 1 heterocycles. The average Bonchev–Trinajstić information content (AvgIpc) is 1.95. The summed E-state index contributed by atoms with van der Waals surface area (Å²) in [5.41, 5.74) is 5.65. The van der Waals surface area contributed by atoms with E-state index in [9.17, 15) is 0 Å². The largest absolute Gasteiger partial charge is 0.354 e. The van der Waals surface area contributed by atoms with Crippen molar-refractivity contribution < 1.29 is 9.47 Å². The van der Waals surface area contributed by atoms with Gasteiger partial charge in [0, 0.05) is 7.11 Å². The third kappa shape index (κ3) is 1.61. The fourth-order valence-corrected chi connectivity index (χ4v) is 1.20. The van der Waals surface area contributed by atoms with Gasteiger partial charge in [0.2, 0.25) is 0 Å². The third-order valence-electron chi connectivity index (χ3n) is 1.64. The minimum Gasteiger partial charge on any atom is -0.354 e. The van der Waals surface area contributed by atoms with E-state index in [1.165, 1.54) is 0 Å². The molecule has 1 aliphatic heterocycles. The number of ether oxygens (including phenoxy) is 2. The first kappa shape index (κ1) is 8.27. The van der Waals surface area contributed by atoms with Crippen LogP contribution >= 0.6 is 11.6 Å². The molecule has 0 amide bonds. The average molecular weight is 166 g/mol. The highest BCUT2D eigenvalue weighted by atomic mass is 35.5. The zero-order valence-corrected chi connectivity index (χ0v) is 6.67. The van der Waals surface area contributed by atoms with Gasteiger partial charge in [0.1, 0.15) is 0 Å². The van der Waals surface area contributed by atoms with Crippen LogP contribution in [0.4, 0.5) is 0 Å². The van der Waals surface area contributed by atoms with Crippen molar-refractivity contribution in [3.05, 3.63) is 0 Å². The van der Waals surface area contributed by atoms with E-state index in [4.69, 9.17) is 26.8 Å². The summed E-state index contributed by atoms with van der Waals surface area (Å²) in [6.07, 6.45) is 0.485. The number of nitrogens with two attached hydrogens (primary N) is 1. The Labute approximate surface area is 65.4 Å². The molecule has 0 radical (unpaired) electrons. The van der Waals surface area contributed by atoms with E-state index in [-0.39, 0.29) is 17.7 Å². The number of hydrogen-bond acceptors (Lipinski definition) is 3. The summed E-state index contributed by atoms with van der Waals surface area (Å²) in [5.74, 6) is 0. The highest BCUT2D eigenvalue weighted by Gasteiger charge is 2.29. The van der Waals surface area contributed by atoms with Crippen molar-refractivity contribution in [3.8, 4) is 0 Å². The summed E-state index contributed by atoms with van der Waals surface area (Å²) < 4.78 is 10.1. The maximum Gasteiger partial charge on any atom is 0.173 e. The Bertz CT molecular complexity index is 112. The van der Waals surface area contributed by atoms with Crippen LogP contribution in [0.5, 0.6) is 0 Å². The quantitative estimate of drug-likeness (QED) is 0.569. The van der Waals surface area contributed by atoms with Crippen molar-refractivity contribution in [1.29, 1.82) is 0 Å². The molecule has 1 rings (SSSR count). The fourth-order valence-electron chi connectivity index (χ4n) is 0.996. The lowest BCUT2D eigenvalue weighted by molar-refractivity contribution is -0.154. The highest BCUT2D eigenvalue weighted by Crippen LogP contribution is 2.17. The summed E-state index contributed by atoms with van der Waals surface area (Å²) in [5, 5.41) is -0.0151. The molecule has 0 aromatic rings. The maximum atomic E-state index is 5.86. The van der Waals surface area contributed by atoms with Crippen molar-refractivity contribution in [1.82, 2.24) is 0 Å². The van der Waals surface area contributed by atoms with Gasteiger partial charge in [-0.2, -0.15) is 0 Å². The molecular formula is C6H12ClNO2. The first-order valence-corrected chi connectivity index (χ1v) is 3.73. The van der Waals surface area contributed by atoms with Crippen LogP contribution in [0.2, 0.25) is 0 Å². The SMILES string of the molecule is COC1OCCC(Cl)C1N. The summed E-state index contributed by atoms with van der Waals surface area (Å²) in [6.45, 7) is 0.639. The third-order valence-corrected chi connectivity index (χ3v) is 2.15. The Morgan fingerprint density at radius 3 is 2.90 bits per heavy atom. The minimum atomic E-state index is -0.323. The predicted molar refractivity (Wildman–Crippen MR) is 39.0 cm³/mol. The van der Waals surface area contributed by atoms with Gasteiger partial charge in [0.15, 0.2) is 6.29 Å². The molecule has 10 heavy (non-hydrogen) atoms. The first-order chi connectivity index (χ1) is 4.75. The Balaban J connectivity index is 2.42. The van der Waals surface area contributed by atoms with E-state index < -0.39 is 0 Å². The van der Waals surface area contributed by atoms with Crippen LogP contribution in [0.3, 0.4) is 0 Å². The lowest BCUT2D eigenvalue weighted by atomic mass is 10.1. The fraction of sp³-hybridized carbons (Fsp3) is 1.00. The van der Waals surface area contributed by atoms with Crippen molar-refractivity contribution in [3.63, 3.8) is 0 Å². The molecule has 1 saturated heterocycles. The van der Waals surface area contributed by atoms with Crippen molar-refractivity contribution in [2.45, 2.75) is 24.1 Å². The summed E-state index contributed by atoms with van der Waals surface area (Å²) in [4.78, 5) is 0. The van der Waals surface area contributed by atoms with Gasteiger partial charge in [-0.3, -0.25) is 0 Å². The number of methoxy groups -OCH3 is 1. The second-order valence-electron chi connectivity index (χ2n) is 2.36. The molecule has 3 atom stereocenters. The predicted octanol–water partition coefficient (Wildman–Crippen LogP) is 0.314. The molecule has 0 saturated carbocycles. The zero-order chi connectivity index (χ0) is 7.56. The Morgan fingerprint density at radius 2 is 2.40 bits per heavy atom. The van der Waals surface area contributed by atoms with Gasteiger partial charge >= 0.3 is 0 Å². The molecule has 4 heteroatoms. The monoisotopic (exact) mass is 165 g/mol. The molecule has 0 spiro atoms. The van der Waals surface area contributed by atoms with Crippen LogP contribution < -0.4 is 5.73 Å². The minimum absolute atomic E-state index is 0.0151. The van der Waals surface area contributed by atoms with E-state index in [1.807, 2.05) is 0 Å². The normalized spacial score (nSPS) is 41.7. The first-order valence-electron chi connectivity index (χ1n) is 3.29. The molecule has 2 N–H and O–H groups in total. The van der Waals surface area contributed by atoms with Gasteiger partial charge in [-0.1, -0.05) is 0 Å². The Hall–Kier alpha value is 0.170. The van der Waals surface area contributed by atoms with Gasteiger partial charge in [0.25, 0.3) is 0 Å². The van der Waals surface area contributed by atoms with E-state index in [0.717, 1.165) is 6.42 Å². The molecule has 0 aromatic heterocycles. The number of halogens is 1. The second-order valence-corrected chi connectivity index (χ2v) is 2.92. The van der Waals surface area contributed by atoms with Crippen LogP contribution in [0, 0.1) is 0 Å². The van der Waals surface area contributed by atoms with Crippen molar-refractivity contribution in [2.75, 3.05) is 13.7 Å². The molecule has 0 aliphatic carbocycles. The lowest BCUT2D eigenvalue weighted by Gasteiger charge is -2.31. The van der Waals surface area contributed by atoms with Gasteiger partial charge in [-0.25, -0.2) is 0 Å². The Kier molecular flexibility index (Phi) is 2.92. The Morgan fingerprint density at radius 1 is 1.70 bits per heavy atom. The molecular weight excluding hydrogens is 154 g/mol. The van der Waals surface area contributed by atoms with Gasteiger partial charge in [-0.05, 0) is 6.42 Å². The molecule has 1 fully saturated rings. The second kappa shape index (κ2) is 3.53. The van der Waals surface area contributed by atoms with Crippen LogP contribution in [-0.2, 0) is 9.47 Å². The number of rotatable bonds is 1. The van der Waals surface area contributed by atoms with Gasteiger partial charge in [0.05, 0.1) is 18.0 Å². The van der Waals surface area contributed by atoms with E-state index in [0.29, 0.717) is 6.61 Å². The lowest BCUT2D eigenvalue weighted by Crippen LogP contribution is -2.48. The molecule has 3 unspecified atom stereocenters. The van der Waals surface area contributed by atoms with E-state index in [2.05, 4.69) is 0 Å². The van der Waals surface area contributed by atoms with Gasteiger partial charge in [-0.15, -0.1) is 11.6 Å². The number of alkyl halides is 1.